The lowest BCUT2D eigenvalue weighted by Crippen LogP contribution is -2.60. The van der Waals surface area contributed by atoms with Crippen LogP contribution in [0.15, 0.2) is 12.1 Å². The number of benzene rings is 1. The van der Waals surface area contributed by atoms with E-state index in [0.29, 0.717) is 16.9 Å². The molecule has 10 heteroatoms. The highest BCUT2D eigenvalue weighted by atomic mass is 16.7. The van der Waals surface area contributed by atoms with Crippen molar-refractivity contribution in [3.05, 3.63) is 23.3 Å². The number of methoxy groups -OCH3 is 1. The number of hydrogen-bond acceptors (Lipinski definition) is 9. The molecule has 0 bridgehead atoms. The van der Waals surface area contributed by atoms with Crippen LogP contribution in [-0.2, 0) is 27.2 Å². The molecular weight excluding hydrogens is 412 g/mol. The first kappa shape index (κ1) is 25.0. The number of carboxylic acids is 1. The van der Waals surface area contributed by atoms with E-state index < -0.39 is 43.3 Å². The van der Waals surface area contributed by atoms with Crippen LogP contribution in [0.5, 0.6) is 11.5 Å². The van der Waals surface area contributed by atoms with E-state index in [2.05, 4.69) is 0 Å². The van der Waals surface area contributed by atoms with Gasteiger partial charge in [-0.15, -0.1) is 0 Å². The Bertz CT molecular complexity index is 776. The Morgan fingerprint density at radius 2 is 1.81 bits per heavy atom. The third-order valence-electron chi connectivity index (χ3n) is 5.20. The summed E-state index contributed by atoms with van der Waals surface area (Å²) in [5, 5.41) is 48.9. The largest absolute Gasteiger partial charge is 0.496 e. The number of rotatable bonds is 10. The number of carbonyl (C=O) groups is 2. The zero-order valence-electron chi connectivity index (χ0n) is 17.7. The highest BCUT2D eigenvalue weighted by molar-refractivity contribution is 5.84. The van der Waals surface area contributed by atoms with Gasteiger partial charge in [0.1, 0.15) is 41.7 Å². The minimum Gasteiger partial charge on any atom is -0.496 e. The van der Waals surface area contributed by atoms with Gasteiger partial charge >= 0.3 is 5.97 Å². The third kappa shape index (κ3) is 5.92. The fourth-order valence-electron chi connectivity index (χ4n) is 3.26. The SMILES string of the molecule is COc1ccc(CCC(=O)O)c(O[C@H]2O[C@@H](CO)[C@H](O)[C@@H](O)[C@@H]2O)c1CC(=O)C(C)C. The Labute approximate surface area is 180 Å². The summed E-state index contributed by atoms with van der Waals surface area (Å²) in [7, 11) is 1.41. The lowest BCUT2D eigenvalue weighted by molar-refractivity contribution is -0.277. The van der Waals surface area contributed by atoms with Crippen molar-refractivity contribution in [3.63, 3.8) is 0 Å². The standard InChI is InChI=1S/C21H30O10/c1-10(2)13(23)8-12-14(29-3)6-4-11(5-7-16(24)25)20(12)31-21-19(28)18(27)17(26)15(9-22)30-21/h4,6,10,15,17-19,21-22,26-28H,5,7-9H2,1-3H3,(H,24,25)/t15-,17-,18+,19-,21+/m0/s1. The lowest BCUT2D eigenvalue weighted by Gasteiger charge is -2.40. The van der Waals surface area contributed by atoms with E-state index in [1.165, 1.54) is 7.11 Å². The maximum Gasteiger partial charge on any atom is 0.303 e. The van der Waals surface area contributed by atoms with Crippen molar-refractivity contribution < 1.29 is 49.3 Å². The molecule has 10 nitrogen and oxygen atoms in total. The van der Waals surface area contributed by atoms with Gasteiger partial charge in [-0.05, 0) is 18.1 Å². The molecule has 0 unspecified atom stereocenters. The molecular formula is C21H30O10. The molecule has 0 amide bonds. The van der Waals surface area contributed by atoms with Crippen LogP contribution in [0.2, 0.25) is 0 Å². The fraction of sp³-hybridized carbons (Fsp3) is 0.619. The van der Waals surface area contributed by atoms with E-state index in [1.807, 2.05) is 0 Å². The number of carbonyl (C=O) groups excluding carboxylic acids is 1. The Morgan fingerprint density at radius 1 is 1.13 bits per heavy atom. The van der Waals surface area contributed by atoms with Crippen molar-refractivity contribution in [1.29, 1.82) is 0 Å². The number of ketones is 1. The van der Waals surface area contributed by atoms with E-state index in [1.54, 1.807) is 26.0 Å². The predicted molar refractivity (Wildman–Crippen MR) is 107 cm³/mol. The molecule has 0 saturated carbocycles. The van der Waals surface area contributed by atoms with E-state index in [4.69, 9.17) is 19.3 Å². The lowest BCUT2D eigenvalue weighted by atomic mass is 9.95. The summed E-state index contributed by atoms with van der Waals surface area (Å²) in [5.41, 5.74) is 0.785. The first-order valence-corrected chi connectivity index (χ1v) is 10.0. The molecule has 0 radical (unpaired) electrons. The number of aryl methyl sites for hydroxylation is 1. The molecule has 0 aliphatic carbocycles. The first-order valence-electron chi connectivity index (χ1n) is 10.0. The molecule has 1 aromatic carbocycles. The van der Waals surface area contributed by atoms with E-state index >= 15 is 0 Å². The van der Waals surface area contributed by atoms with Gasteiger partial charge in [0, 0.05) is 24.3 Å². The summed E-state index contributed by atoms with van der Waals surface area (Å²) in [4.78, 5) is 23.6. The highest BCUT2D eigenvalue weighted by Crippen LogP contribution is 2.36. The number of hydrogen-bond donors (Lipinski definition) is 5. The fourth-order valence-corrected chi connectivity index (χ4v) is 3.26. The molecule has 5 N–H and O–H groups in total. The van der Waals surface area contributed by atoms with E-state index in [-0.39, 0.29) is 36.7 Å². The Balaban J connectivity index is 2.49. The summed E-state index contributed by atoms with van der Waals surface area (Å²) in [6.45, 7) is 2.84. The minimum atomic E-state index is -1.66. The van der Waals surface area contributed by atoms with Crippen molar-refractivity contribution in [2.75, 3.05) is 13.7 Å². The summed E-state index contributed by atoms with van der Waals surface area (Å²) in [6, 6.07) is 3.19. The Kier molecular flexibility index (Phi) is 8.78. The summed E-state index contributed by atoms with van der Waals surface area (Å²) >= 11 is 0. The van der Waals surface area contributed by atoms with Gasteiger partial charge < -0.3 is 39.7 Å². The maximum absolute atomic E-state index is 12.5. The van der Waals surface area contributed by atoms with Gasteiger partial charge in [0.05, 0.1) is 13.7 Å². The summed E-state index contributed by atoms with van der Waals surface area (Å²) in [6.07, 6.45) is -7.76. The average Bonchev–Trinajstić information content (AvgIpc) is 2.73. The molecule has 31 heavy (non-hydrogen) atoms. The average molecular weight is 442 g/mol. The highest BCUT2D eigenvalue weighted by Gasteiger charge is 2.45. The molecule has 1 aliphatic rings. The van der Waals surface area contributed by atoms with Crippen molar-refractivity contribution >= 4 is 11.8 Å². The molecule has 1 heterocycles. The maximum atomic E-state index is 12.5. The van der Waals surface area contributed by atoms with E-state index in [9.17, 15) is 30.0 Å². The third-order valence-corrected chi connectivity index (χ3v) is 5.20. The van der Waals surface area contributed by atoms with Crippen LogP contribution in [0, 0.1) is 5.92 Å². The minimum absolute atomic E-state index is 0.0644. The van der Waals surface area contributed by atoms with Gasteiger partial charge in [-0.2, -0.15) is 0 Å². The zero-order chi connectivity index (χ0) is 23.3. The summed E-state index contributed by atoms with van der Waals surface area (Å²) in [5.74, 6) is -1.01. The van der Waals surface area contributed by atoms with E-state index in [0.717, 1.165) is 0 Å². The van der Waals surface area contributed by atoms with Crippen molar-refractivity contribution in [2.24, 2.45) is 5.92 Å². The second-order valence-corrected chi connectivity index (χ2v) is 7.74. The number of aliphatic hydroxyl groups is 4. The topological polar surface area (TPSA) is 163 Å². The second kappa shape index (κ2) is 10.9. The molecule has 1 fully saturated rings. The summed E-state index contributed by atoms with van der Waals surface area (Å²) < 4.78 is 16.6. The van der Waals surface area contributed by atoms with Crippen molar-refractivity contribution in [1.82, 2.24) is 0 Å². The second-order valence-electron chi connectivity index (χ2n) is 7.74. The van der Waals surface area contributed by atoms with Crippen LogP contribution >= 0.6 is 0 Å². The van der Waals surface area contributed by atoms with Crippen LogP contribution in [0.25, 0.3) is 0 Å². The Hall–Kier alpha value is -2.24. The number of Topliss-reactive ketones (excluding diaryl/α,β-unsaturated/α-hetero) is 1. The number of aliphatic carboxylic acids is 1. The molecule has 0 spiro atoms. The van der Waals surface area contributed by atoms with Crippen LogP contribution < -0.4 is 9.47 Å². The zero-order valence-corrected chi connectivity index (χ0v) is 17.7. The van der Waals surface area contributed by atoms with Gasteiger partial charge in [-0.3, -0.25) is 9.59 Å². The smallest absolute Gasteiger partial charge is 0.303 e. The molecule has 0 aromatic heterocycles. The van der Waals surface area contributed by atoms with Gasteiger partial charge in [0.15, 0.2) is 0 Å². The first-order chi connectivity index (χ1) is 14.6. The van der Waals surface area contributed by atoms with Gasteiger partial charge in [-0.1, -0.05) is 19.9 Å². The molecule has 1 aliphatic heterocycles. The van der Waals surface area contributed by atoms with Gasteiger partial charge in [0.2, 0.25) is 6.29 Å². The van der Waals surface area contributed by atoms with Crippen LogP contribution in [0.3, 0.4) is 0 Å². The van der Waals surface area contributed by atoms with Crippen molar-refractivity contribution in [2.45, 2.75) is 63.8 Å². The number of carboxylic acid groups (broad SMARTS) is 1. The van der Waals surface area contributed by atoms with Crippen molar-refractivity contribution in [3.8, 4) is 11.5 Å². The normalized spacial score (nSPS) is 26.0. The van der Waals surface area contributed by atoms with Gasteiger partial charge in [0.25, 0.3) is 0 Å². The molecule has 5 atom stereocenters. The number of aliphatic hydroxyl groups excluding tert-OH is 4. The van der Waals surface area contributed by atoms with Gasteiger partial charge in [-0.25, -0.2) is 0 Å². The predicted octanol–water partition coefficient (Wildman–Crippen LogP) is -0.341. The molecule has 1 aromatic rings. The van der Waals surface area contributed by atoms with Crippen LogP contribution in [0.1, 0.15) is 31.4 Å². The monoisotopic (exact) mass is 442 g/mol. The molecule has 174 valence electrons. The quantitative estimate of drug-likeness (QED) is 0.324. The molecule has 1 saturated heterocycles. The van der Waals surface area contributed by atoms with Crippen LogP contribution in [-0.4, -0.2) is 81.7 Å². The Morgan fingerprint density at radius 3 is 2.35 bits per heavy atom. The number of ether oxygens (including phenoxy) is 3. The molecule has 2 rings (SSSR count). The van der Waals surface area contributed by atoms with Crippen LogP contribution in [0.4, 0.5) is 0 Å².